The second-order valence-electron chi connectivity index (χ2n) is 22.5. The first-order chi connectivity index (χ1) is 36.5. The quantitative estimate of drug-likeness (QED) is 0.0725. The lowest BCUT2D eigenvalue weighted by Crippen LogP contribution is -2.57. The largest absolute Gasteiger partial charge is 0.491 e. The maximum atomic E-state index is 16.3. The van der Waals surface area contributed by atoms with Crippen molar-refractivity contribution in [2.24, 2.45) is 5.41 Å². The van der Waals surface area contributed by atoms with Crippen molar-refractivity contribution in [3.63, 3.8) is 0 Å². The van der Waals surface area contributed by atoms with Crippen LogP contribution in [0.25, 0.3) is 11.0 Å². The van der Waals surface area contributed by atoms with Crippen molar-refractivity contribution < 1.29 is 51.3 Å². The number of piperidine rings is 1. The van der Waals surface area contributed by atoms with Gasteiger partial charge in [-0.1, -0.05) is 18.2 Å². The normalized spacial score (nSPS) is 27.6. The van der Waals surface area contributed by atoms with Gasteiger partial charge in [-0.05, 0) is 120 Å². The van der Waals surface area contributed by atoms with Crippen molar-refractivity contribution in [3.05, 3.63) is 94.2 Å². The summed E-state index contributed by atoms with van der Waals surface area (Å²) in [5.41, 5.74) is 0.223. The van der Waals surface area contributed by atoms with Crippen molar-refractivity contribution in [2.45, 2.75) is 131 Å². The molecule has 7 heterocycles. The number of morpholine rings is 1. The van der Waals surface area contributed by atoms with Gasteiger partial charge in [-0.3, -0.25) is 19.8 Å². The predicted octanol–water partition coefficient (Wildman–Crippen LogP) is 8.09. The lowest BCUT2D eigenvalue weighted by atomic mass is 9.59. The molecule has 7 aliphatic rings. The van der Waals surface area contributed by atoms with E-state index >= 15 is 4.39 Å². The summed E-state index contributed by atoms with van der Waals surface area (Å²) in [6, 6.07) is 18.8. The number of carbonyl (C=O) groups excluding carboxylic acids is 1. The number of carbonyl (C=O) groups is 1. The minimum Gasteiger partial charge on any atom is -0.491 e. The number of anilines is 4. The van der Waals surface area contributed by atoms with E-state index in [1.807, 2.05) is 49.1 Å². The van der Waals surface area contributed by atoms with Crippen LogP contribution in [0.2, 0.25) is 0 Å². The highest BCUT2D eigenvalue weighted by Gasteiger charge is 2.51. The van der Waals surface area contributed by atoms with Crippen LogP contribution in [-0.2, 0) is 19.5 Å². The molecule has 5 aliphatic heterocycles. The first-order valence-electron chi connectivity index (χ1n) is 26.7. The van der Waals surface area contributed by atoms with Crippen molar-refractivity contribution in [2.75, 3.05) is 67.8 Å². The van der Waals surface area contributed by atoms with Gasteiger partial charge >= 0.3 is 0 Å². The minimum absolute atomic E-state index is 0.00534. The van der Waals surface area contributed by atoms with Gasteiger partial charge in [-0.2, -0.15) is 4.98 Å². The number of ether oxygens (including phenoxy) is 5. The van der Waals surface area contributed by atoms with E-state index in [2.05, 4.69) is 43.0 Å². The van der Waals surface area contributed by atoms with E-state index in [1.165, 1.54) is 0 Å². The van der Waals surface area contributed by atoms with Crippen molar-refractivity contribution >= 4 is 55.4 Å². The fourth-order valence-corrected chi connectivity index (χ4v) is 13.9. The lowest BCUT2D eigenvalue weighted by molar-refractivity contribution is -0.384. The predicted molar refractivity (Wildman–Crippen MR) is 281 cm³/mol. The molecule has 4 N–H and O–H groups in total. The Morgan fingerprint density at radius 1 is 0.961 bits per heavy atom. The number of aliphatic hydroxyl groups is 1. The van der Waals surface area contributed by atoms with Gasteiger partial charge in [-0.25, -0.2) is 17.5 Å². The number of aromatic nitrogens is 2. The van der Waals surface area contributed by atoms with Crippen LogP contribution in [0, 0.1) is 15.5 Å². The summed E-state index contributed by atoms with van der Waals surface area (Å²) < 4.78 is 78.0. The molecule has 0 bridgehead atoms. The highest BCUT2D eigenvalue weighted by molar-refractivity contribution is 7.90. The first-order valence-corrected chi connectivity index (χ1v) is 28.1. The summed E-state index contributed by atoms with van der Waals surface area (Å²) in [5.74, 6) is 0.104. The Kier molecular flexibility index (Phi) is 12.9. The van der Waals surface area contributed by atoms with E-state index in [9.17, 15) is 28.4 Å². The topological polar surface area (TPSA) is 223 Å². The number of pyridine rings is 1. The molecule has 12 rings (SSSR count). The molecule has 76 heavy (non-hydrogen) atoms. The summed E-state index contributed by atoms with van der Waals surface area (Å²) in [7, 11) is -4.81. The number of alkyl halides is 1. The smallest absolute Gasteiger partial charge is 0.297 e. The molecule has 5 fully saturated rings. The number of amides is 1. The van der Waals surface area contributed by atoms with E-state index in [4.69, 9.17) is 28.7 Å². The molecular formula is C55H65FN8O11S. The van der Waals surface area contributed by atoms with E-state index < -0.39 is 54.9 Å². The van der Waals surface area contributed by atoms with Crippen LogP contribution in [-0.4, -0.2) is 133 Å². The number of hydrogen-bond donors (Lipinski definition) is 4. The maximum absolute atomic E-state index is 16.3. The van der Waals surface area contributed by atoms with Gasteiger partial charge < -0.3 is 48.9 Å². The van der Waals surface area contributed by atoms with Crippen molar-refractivity contribution in [1.29, 1.82) is 0 Å². The fourth-order valence-electron chi connectivity index (χ4n) is 12.9. The van der Waals surface area contributed by atoms with Crippen LogP contribution in [0.1, 0.15) is 101 Å². The number of nitrogens with one attached hydrogen (secondary N) is 3. The number of nitro benzene ring substituents is 1. The SMILES string of the molecule is CC(C)Oc1ccccc1[C@@H]1COCCN1C1CC2(CCN(c3ccc(C(=O)NS(=O)(=O)c4cc5c(c([N+](=O)[O-])c4)N[C@H](C4(F)CCC(C)(O)CC4)CO5)c(N4c5cc6cc[nH]c6nc5O[C@H]5COCC[C@@H]54)c3)CC2)C1. The third-order valence-electron chi connectivity index (χ3n) is 17.2. The number of benzene rings is 3. The average molecular weight is 1070 g/mol. The zero-order valence-electron chi connectivity index (χ0n) is 43.0. The molecule has 3 aromatic carbocycles. The zero-order chi connectivity index (χ0) is 52.7. The molecule has 21 heteroatoms. The molecule has 0 unspecified atom stereocenters. The van der Waals surface area contributed by atoms with E-state index in [0.29, 0.717) is 55.2 Å². The van der Waals surface area contributed by atoms with Crippen LogP contribution in [0.15, 0.2) is 77.8 Å². The fraction of sp³-hybridized carbons (Fsp3) is 0.527. The Hall–Kier alpha value is -6.26. The highest BCUT2D eigenvalue weighted by Crippen LogP contribution is 2.54. The summed E-state index contributed by atoms with van der Waals surface area (Å²) in [5, 5.41) is 26.8. The van der Waals surface area contributed by atoms with Crippen LogP contribution >= 0.6 is 0 Å². The summed E-state index contributed by atoms with van der Waals surface area (Å²) in [6.07, 6.45) is 6.42. The number of H-pyrrole nitrogens is 1. The molecule has 2 saturated carbocycles. The third-order valence-corrected chi connectivity index (χ3v) is 18.5. The molecule has 1 spiro atoms. The minimum atomic E-state index is -4.81. The van der Waals surface area contributed by atoms with Gasteiger partial charge in [0.05, 0.1) is 70.7 Å². The van der Waals surface area contributed by atoms with Crippen molar-refractivity contribution in [3.8, 4) is 17.4 Å². The molecule has 2 aromatic heterocycles. The highest BCUT2D eigenvalue weighted by atomic mass is 32.2. The molecular weight excluding hydrogens is 1000 g/mol. The number of para-hydroxylation sites is 1. The van der Waals surface area contributed by atoms with E-state index in [0.717, 1.165) is 79.8 Å². The lowest BCUT2D eigenvalue weighted by Gasteiger charge is -2.57. The molecule has 1 amide bonds. The Balaban J connectivity index is 0.828. The first kappa shape index (κ1) is 50.6. The molecule has 3 saturated heterocycles. The molecule has 19 nitrogen and oxygen atoms in total. The van der Waals surface area contributed by atoms with Gasteiger partial charge in [0.1, 0.15) is 35.5 Å². The number of nitrogens with zero attached hydrogens (tertiary/aromatic N) is 5. The Morgan fingerprint density at radius 2 is 1.74 bits per heavy atom. The van der Waals surface area contributed by atoms with Gasteiger partial charge in [0.2, 0.25) is 5.88 Å². The van der Waals surface area contributed by atoms with Gasteiger partial charge in [0.25, 0.3) is 21.6 Å². The van der Waals surface area contributed by atoms with Crippen molar-refractivity contribution in [1.82, 2.24) is 19.6 Å². The Morgan fingerprint density at radius 3 is 2.51 bits per heavy atom. The summed E-state index contributed by atoms with van der Waals surface area (Å²) in [4.78, 5) is 41.1. The number of nitro groups is 1. The number of hydrogen-bond acceptors (Lipinski definition) is 16. The molecule has 4 atom stereocenters. The summed E-state index contributed by atoms with van der Waals surface area (Å²) in [6.45, 7) is 9.91. The maximum Gasteiger partial charge on any atom is 0.297 e. The van der Waals surface area contributed by atoms with Crippen LogP contribution in [0.3, 0.4) is 0 Å². The van der Waals surface area contributed by atoms with Gasteiger partial charge in [0, 0.05) is 67.2 Å². The molecule has 0 radical (unpaired) electrons. The number of fused-ring (bicyclic) bond motifs is 4. The average Bonchev–Trinajstić information content (AvgIpc) is 3.88. The molecule has 2 aliphatic carbocycles. The second-order valence-corrected chi connectivity index (χ2v) is 24.2. The number of halogens is 1. The third kappa shape index (κ3) is 9.34. The van der Waals surface area contributed by atoms with E-state index in [-0.39, 0.29) is 79.5 Å². The van der Waals surface area contributed by atoms with Crippen LogP contribution in [0.4, 0.5) is 32.8 Å². The van der Waals surface area contributed by atoms with Crippen LogP contribution < -0.4 is 34.0 Å². The van der Waals surface area contributed by atoms with E-state index in [1.54, 1.807) is 19.2 Å². The van der Waals surface area contributed by atoms with Gasteiger partial charge in [0.15, 0.2) is 11.4 Å². The Bertz CT molecular complexity index is 3170. The second kappa shape index (κ2) is 19.3. The Labute approximate surface area is 440 Å². The standard InChI is InChI=1S/C55H65FN8O11S/c1-33(2)74-45-7-5-4-6-38(45)44-30-72-23-21-62(44)36-28-54(29-36)16-19-61(20-17-54)35-8-9-39(41(25-35)63-40-11-22-71-31-47(40)75-52-43(63)24-34-10-18-57-50(34)59-52)51(65)60-76(69,70)37-26-42(64(67)68)49-46(27-37)73-32-48(58-49)55(56)14-12-53(3,66)13-15-55/h4-10,18,24-27,33,36,40,44,47-48,58,66H,11-17,19-23,28-32H2,1-3H3,(H,57,59)(H,60,65)/t40-,44-,47-,48-,53?,55?/m0/s1. The number of aromatic amines is 1. The van der Waals surface area contributed by atoms with Gasteiger partial charge in [-0.15, -0.1) is 0 Å². The zero-order valence-corrected chi connectivity index (χ0v) is 43.8. The summed E-state index contributed by atoms with van der Waals surface area (Å²) >= 11 is 0. The van der Waals surface area contributed by atoms with Crippen LogP contribution in [0.5, 0.6) is 17.4 Å². The molecule has 404 valence electrons. The monoisotopic (exact) mass is 1060 g/mol. The number of rotatable bonds is 11. The molecule has 5 aromatic rings. The number of sulfonamides is 1.